The van der Waals surface area contributed by atoms with E-state index >= 15 is 0 Å². The van der Waals surface area contributed by atoms with Crippen molar-refractivity contribution in [1.29, 1.82) is 0 Å². The van der Waals surface area contributed by atoms with Gasteiger partial charge in [0, 0.05) is 0 Å². The Hall–Kier alpha value is -0.0800. The molecule has 0 amide bonds. The van der Waals surface area contributed by atoms with E-state index in [0.29, 0.717) is 6.10 Å². The van der Waals surface area contributed by atoms with Crippen molar-refractivity contribution in [3.8, 4) is 0 Å². The maximum Gasteiger partial charge on any atom is 0.0787 e. The van der Waals surface area contributed by atoms with E-state index in [4.69, 9.17) is 10.7 Å². The molecule has 15 heavy (non-hydrogen) atoms. The van der Waals surface area contributed by atoms with Crippen LogP contribution in [0.15, 0.2) is 0 Å². The molecule has 0 spiro atoms. The topological polar surface area (TPSA) is 35.2 Å². The van der Waals surface area contributed by atoms with E-state index in [1.54, 1.807) is 0 Å². The Balaban J connectivity index is 1.75. The average Bonchev–Trinajstić information content (AvgIpc) is 2.30. The zero-order chi connectivity index (χ0) is 10.7. The molecule has 0 radical (unpaired) electrons. The molecule has 2 saturated carbocycles. The highest BCUT2D eigenvalue weighted by atomic mass is 16.6. The molecule has 0 aromatic heterocycles. The van der Waals surface area contributed by atoms with Gasteiger partial charge < -0.3 is 4.84 Å². The largest absolute Gasteiger partial charge is 0.301 e. The van der Waals surface area contributed by atoms with Crippen LogP contribution in [-0.4, -0.2) is 6.10 Å². The molecule has 0 aromatic carbocycles. The van der Waals surface area contributed by atoms with E-state index in [9.17, 15) is 0 Å². The monoisotopic (exact) mass is 211 g/mol. The predicted molar refractivity (Wildman–Crippen MR) is 62.1 cm³/mol. The normalized spacial score (nSPS) is 42.8. The zero-order valence-electron chi connectivity index (χ0n) is 9.95. The van der Waals surface area contributed by atoms with E-state index in [2.05, 4.69) is 6.92 Å². The molecule has 0 atom stereocenters. The first kappa shape index (κ1) is 11.4. The molecule has 0 aliphatic heterocycles. The van der Waals surface area contributed by atoms with Gasteiger partial charge in [-0.2, -0.15) is 0 Å². The highest BCUT2D eigenvalue weighted by molar-refractivity contribution is 4.81. The van der Waals surface area contributed by atoms with Gasteiger partial charge in [0.05, 0.1) is 6.10 Å². The maximum absolute atomic E-state index is 5.25. The highest BCUT2D eigenvalue weighted by Crippen LogP contribution is 2.40. The summed E-state index contributed by atoms with van der Waals surface area (Å²) in [5.41, 5.74) is 0. The Kier molecular flexibility index (Phi) is 4.04. The van der Waals surface area contributed by atoms with Crippen molar-refractivity contribution in [3.63, 3.8) is 0 Å². The lowest BCUT2D eigenvalue weighted by atomic mass is 9.71. The second-order valence-corrected chi connectivity index (χ2v) is 5.69. The fourth-order valence-corrected chi connectivity index (χ4v) is 3.45. The summed E-state index contributed by atoms with van der Waals surface area (Å²) < 4.78 is 0. The summed E-state index contributed by atoms with van der Waals surface area (Å²) in [6, 6.07) is 0. The number of hydrogen-bond donors (Lipinski definition) is 1. The summed E-state index contributed by atoms with van der Waals surface area (Å²) in [5.74, 6) is 8.21. The van der Waals surface area contributed by atoms with Gasteiger partial charge in [-0.25, -0.2) is 5.90 Å². The SMILES string of the molecule is CC1CCC(C2CCC(ON)CC2)CC1. The van der Waals surface area contributed by atoms with Crippen LogP contribution in [-0.2, 0) is 4.84 Å². The maximum atomic E-state index is 5.25. The number of nitrogens with two attached hydrogens (primary N) is 1. The standard InChI is InChI=1S/C13H25NO/c1-10-2-4-11(5-3-10)12-6-8-13(15-14)9-7-12/h10-13H,2-9,14H2,1H3. The molecule has 0 saturated heterocycles. The van der Waals surface area contributed by atoms with Crippen LogP contribution < -0.4 is 5.90 Å². The van der Waals surface area contributed by atoms with Gasteiger partial charge in [-0.3, -0.25) is 0 Å². The van der Waals surface area contributed by atoms with Gasteiger partial charge in [0.25, 0.3) is 0 Å². The van der Waals surface area contributed by atoms with Crippen LogP contribution in [0.4, 0.5) is 0 Å². The van der Waals surface area contributed by atoms with Crippen molar-refractivity contribution in [2.75, 3.05) is 0 Å². The van der Waals surface area contributed by atoms with Crippen LogP contribution in [0.25, 0.3) is 0 Å². The third-order valence-corrected chi connectivity index (χ3v) is 4.64. The minimum absolute atomic E-state index is 0.351. The molecule has 0 bridgehead atoms. The molecule has 2 aliphatic carbocycles. The van der Waals surface area contributed by atoms with Crippen LogP contribution in [0.1, 0.15) is 58.3 Å². The lowest BCUT2D eigenvalue weighted by Crippen LogP contribution is -2.29. The fraction of sp³-hybridized carbons (Fsp3) is 1.00. The Morgan fingerprint density at radius 2 is 1.27 bits per heavy atom. The second-order valence-electron chi connectivity index (χ2n) is 5.69. The Labute approximate surface area is 93.5 Å². The molecule has 0 aromatic rings. The van der Waals surface area contributed by atoms with Crippen molar-refractivity contribution in [3.05, 3.63) is 0 Å². The van der Waals surface area contributed by atoms with Gasteiger partial charge in [0.2, 0.25) is 0 Å². The highest BCUT2D eigenvalue weighted by Gasteiger charge is 2.29. The quantitative estimate of drug-likeness (QED) is 0.711. The summed E-state index contributed by atoms with van der Waals surface area (Å²) in [6.45, 7) is 2.40. The molecule has 2 heteroatoms. The van der Waals surface area contributed by atoms with E-state index in [-0.39, 0.29) is 0 Å². The molecule has 2 nitrogen and oxygen atoms in total. The van der Waals surface area contributed by atoms with Gasteiger partial charge in [0.15, 0.2) is 0 Å². The Bertz CT molecular complexity index is 179. The molecule has 2 N–H and O–H groups in total. The first-order valence-corrected chi connectivity index (χ1v) is 6.65. The van der Waals surface area contributed by atoms with Crippen LogP contribution in [0, 0.1) is 17.8 Å². The van der Waals surface area contributed by atoms with Gasteiger partial charge in [-0.1, -0.05) is 19.8 Å². The third kappa shape index (κ3) is 2.94. The van der Waals surface area contributed by atoms with Crippen LogP contribution in [0.5, 0.6) is 0 Å². The minimum Gasteiger partial charge on any atom is -0.301 e. The third-order valence-electron chi connectivity index (χ3n) is 4.64. The van der Waals surface area contributed by atoms with Gasteiger partial charge >= 0.3 is 0 Å². The summed E-state index contributed by atoms with van der Waals surface area (Å²) in [5, 5.41) is 0. The van der Waals surface area contributed by atoms with E-state index in [1.165, 1.54) is 51.4 Å². The summed E-state index contributed by atoms with van der Waals surface area (Å²) in [7, 11) is 0. The Morgan fingerprint density at radius 3 is 1.73 bits per heavy atom. The van der Waals surface area contributed by atoms with E-state index in [0.717, 1.165) is 17.8 Å². The first-order valence-electron chi connectivity index (χ1n) is 6.65. The van der Waals surface area contributed by atoms with Gasteiger partial charge in [-0.15, -0.1) is 0 Å². The number of rotatable bonds is 2. The van der Waals surface area contributed by atoms with Crippen LogP contribution in [0.2, 0.25) is 0 Å². The molecule has 2 rings (SSSR count). The lowest BCUT2D eigenvalue weighted by molar-refractivity contribution is 0.00635. The molecule has 0 heterocycles. The molecule has 2 aliphatic rings. The van der Waals surface area contributed by atoms with Gasteiger partial charge in [-0.05, 0) is 56.3 Å². The molecule has 88 valence electrons. The van der Waals surface area contributed by atoms with Crippen molar-refractivity contribution in [2.45, 2.75) is 64.4 Å². The smallest absolute Gasteiger partial charge is 0.0787 e. The zero-order valence-corrected chi connectivity index (χ0v) is 9.95. The summed E-state index contributed by atoms with van der Waals surface area (Å²) in [4.78, 5) is 4.94. The molecular formula is C13H25NO. The minimum atomic E-state index is 0.351. The van der Waals surface area contributed by atoms with E-state index < -0.39 is 0 Å². The van der Waals surface area contributed by atoms with Crippen LogP contribution >= 0.6 is 0 Å². The van der Waals surface area contributed by atoms with Crippen molar-refractivity contribution >= 4 is 0 Å². The Morgan fingerprint density at radius 1 is 0.800 bits per heavy atom. The summed E-state index contributed by atoms with van der Waals surface area (Å²) in [6.07, 6.45) is 11.3. The van der Waals surface area contributed by atoms with Crippen LogP contribution in [0.3, 0.4) is 0 Å². The van der Waals surface area contributed by atoms with E-state index in [1.807, 2.05) is 0 Å². The molecular weight excluding hydrogens is 186 g/mol. The first-order chi connectivity index (χ1) is 7.29. The second kappa shape index (κ2) is 5.31. The summed E-state index contributed by atoms with van der Waals surface area (Å²) >= 11 is 0. The molecule has 0 unspecified atom stereocenters. The predicted octanol–water partition coefficient (Wildman–Crippen LogP) is 3.26. The average molecular weight is 211 g/mol. The van der Waals surface area contributed by atoms with Gasteiger partial charge in [0.1, 0.15) is 0 Å². The molecule has 2 fully saturated rings. The fourth-order valence-electron chi connectivity index (χ4n) is 3.45. The lowest BCUT2D eigenvalue weighted by Gasteiger charge is -2.36. The van der Waals surface area contributed by atoms with Crippen molar-refractivity contribution < 1.29 is 4.84 Å². The van der Waals surface area contributed by atoms with Crippen molar-refractivity contribution in [2.24, 2.45) is 23.7 Å². The van der Waals surface area contributed by atoms with Crippen molar-refractivity contribution in [1.82, 2.24) is 0 Å². The number of hydrogen-bond acceptors (Lipinski definition) is 2.